The second-order valence-corrected chi connectivity index (χ2v) is 6.88. The number of alkyl halides is 3. The zero-order chi connectivity index (χ0) is 19.8. The number of ether oxygens (including phenoxy) is 2. The van der Waals surface area contributed by atoms with Gasteiger partial charge in [0.2, 0.25) is 5.91 Å². The van der Waals surface area contributed by atoms with Gasteiger partial charge in [0.25, 0.3) is 0 Å². The molecule has 1 spiro atoms. The molecule has 0 radical (unpaired) electrons. The number of carbonyl (C=O) groups is 1. The summed E-state index contributed by atoms with van der Waals surface area (Å²) in [6.07, 6.45) is -0.444. The van der Waals surface area contributed by atoms with E-state index in [1.165, 1.54) is 30.4 Å². The average molecular weight is 389 g/mol. The summed E-state index contributed by atoms with van der Waals surface area (Å²) in [6.45, 7) is 0.156. The Morgan fingerprint density at radius 2 is 1.79 bits per heavy atom. The summed E-state index contributed by atoms with van der Waals surface area (Å²) >= 11 is 0. The fourth-order valence-electron chi connectivity index (χ4n) is 3.58. The maximum Gasteiger partial charge on any atom is 0.573 e. The van der Waals surface area contributed by atoms with Gasteiger partial charge in [0.15, 0.2) is 0 Å². The molecule has 1 amide bonds. The predicted octanol–water partition coefficient (Wildman–Crippen LogP) is 4.69. The van der Waals surface area contributed by atoms with E-state index in [1.807, 2.05) is 30.3 Å². The van der Waals surface area contributed by atoms with Crippen LogP contribution in [0.1, 0.15) is 30.0 Å². The lowest BCUT2D eigenvalue weighted by atomic mass is 9.99. The summed E-state index contributed by atoms with van der Waals surface area (Å²) in [7, 11) is 0. The van der Waals surface area contributed by atoms with Gasteiger partial charge in [-0.25, -0.2) is 0 Å². The molecule has 28 heavy (non-hydrogen) atoms. The molecular formula is C21H18F3NO3. The van der Waals surface area contributed by atoms with E-state index < -0.39 is 6.36 Å². The topological polar surface area (TPSA) is 38.8 Å². The Balaban J connectivity index is 1.56. The first kappa shape index (κ1) is 18.6. The molecular weight excluding hydrogens is 371 g/mol. The van der Waals surface area contributed by atoms with E-state index in [9.17, 15) is 18.0 Å². The van der Waals surface area contributed by atoms with E-state index in [2.05, 4.69) is 4.74 Å². The largest absolute Gasteiger partial charge is 0.573 e. The molecule has 1 saturated heterocycles. The summed E-state index contributed by atoms with van der Waals surface area (Å²) in [6, 6.07) is 15.1. The molecule has 7 heteroatoms. The lowest BCUT2D eigenvalue weighted by Gasteiger charge is -2.25. The lowest BCUT2D eigenvalue weighted by molar-refractivity contribution is -0.274. The van der Waals surface area contributed by atoms with Crippen molar-refractivity contribution in [3.8, 4) is 5.75 Å². The van der Waals surface area contributed by atoms with Gasteiger partial charge in [-0.1, -0.05) is 48.5 Å². The van der Waals surface area contributed by atoms with Gasteiger partial charge in [-0.2, -0.15) is 0 Å². The Kier molecular flexibility index (Phi) is 4.63. The highest BCUT2D eigenvalue weighted by Crippen LogP contribution is 2.55. The van der Waals surface area contributed by atoms with Gasteiger partial charge in [0, 0.05) is 11.6 Å². The first-order chi connectivity index (χ1) is 13.4. The van der Waals surface area contributed by atoms with E-state index in [0.29, 0.717) is 0 Å². The molecule has 4 nitrogen and oxygen atoms in total. The van der Waals surface area contributed by atoms with Crippen LogP contribution in [-0.2, 0) is 9.53 Å². The molecule has 1 aliphatic heterocycles. The van der Waals surface area contributed by atoms with Gasteiger partial charge in [-0.3, -0.25) is 4.79 Å². The van der Waals surface area contributed by atoms with Crippen molar-refractivity contribution < 1.29 is 27.4 Å². The van der Waals surface area contributed by atoms with Crippen molar-refractivity contribution in [2.45, 2.75) is 30.8 Å². The first-order valence-electron chi connectivity index (χ1n) is 8.90. The maximum atomic E-state index is 12.8. The van der Waals surface area contributed by atoms with Gasteiger partial charge in [-0.05, 0) is 30.5 Å². The molecule has 0 aromatic heterocycles. The molecule has 4 rings (SSSR count). The number of hydrogen-bond donors (Lipinski definition) is 0. The summed E-state index contributed by atoms with van der Waals surface area (Å²) in [5.74, 6) is -0.672. The number of rotatable bonds is 4. The summed E-state index contributed by atoms with van der Waals surface area (Å²) < 4.78 is 47.6. The third-order valence-electron chi connectivity index (χ3n) is 4.99. The van der Waals surface area contributed by atoms with Crippen LogP contribution in [-0.4, -0.2) is 29.5 Å². The summed E-state index contributed by atoms with van der Waals surface area (Å²) in [5, 5.41) is 0. The predicted molar refractivity (Wildman–Crippen MR) is 96.1 cm³/mol. The van der Waals surface area contributed by atoms with E-state index in [0.717, 1.165) is 18.4 Å². The van der Waals surface area contributed by atoms with E-state index in [-0.39, 0.29) is 35.6 Å². The van der Waals surface area contributed by atoms with Crippen molar-refractivity contribution >= 4 is 12.0 Å². The molecule has 0 bridgehead atoms. The van der Waals surface area contributed by atoms with E-state index in [1.54, 1.807) is 11.0 Å². The van der Waals surface area contributed by atoms with Crippen molar-refractivity contribution in [1.29, 1.82) is 0 Å². The third kappa shape index (κ3) is 3.75. The molecule has 1 aliphatic carbocycles. The molecule has 2 aromatic rings. The highest BCUT2D eigenvalue weighted by molar-refractivity contribution is 5.92. The lowest BCUT2D eigenvalue weighted by Crippen LogP contribution is -2.32. The Hall–Kier alpha value is -2.80. The van der Waals surface area contributed by atoms with Gasteiger partial charge < -0.3 is 14.4 Å². The minimum absolute atomic E-state index is 0.156. The van der Waals surface area contributed by atoms with Crippen LogP contribution in [0.3, 0.4) is 0 Å². The zero-order valence-corrected chi connectivity index (χ0v) is 14.9. The Labute approximate surface area is 160 Å². The number of benzene rings is 2. The molecule has 1 saturated carbocycles. The first-order valence-corrected chi connectivity index (χ1v) is 8.90. The molecule has 1 atom stereocenters. The van der Waals surface area contributed by atoms with Crippen LogP contribution >= 0.6 is 0 Å². The highest BCUT2D eigenvalue weighted by atomic mass is 19.4. The molecule has 146 valence electrons. The number of amides is 1. The molecule has 0 N–H and O–H groups in total. The summed E-state index contributed by atoms with van der Waals surface area (Å²) in [4.78, 5) is 14.4. The number of carbonyl (C=O) groups excluding carboxylic acids is 1. The van der Waals surface area contributed by atoms with Crippen LogP contribution in [0.25, 0.3) is 6.08 Å². The second kappa shape index (κ2) is 6.98. The van der Waals surface area contributed by atoms with Crippen LogP contribution in [0.4, 0.5) is 13.2 Å². The van der Waals surface area contributed by atoms with Crippen molar-refractivity contribution in [1.82, 2.24) is 4.90 Å². The molecule has 2 fully saturated rings. The Morgan fingerprint density at radius 1 is 1.11 bits per heavy atom. The quantitative estimate of drug-likeness (QED) is 0.713. The van der Waals surface area contributed by atoms with Crippen LogP contribution < -0.4 is 4.74 Å². The zero-order valence-electron chi connectivity index (χ0n) is 14.9. The maximum absolute atomic E-state index is 12.8. The molecule has 0 unspecified atom stereocenters. The average Bonchev–Trinajstić information content (AvgIpc) is 3.33. The van der Waals surface area contributed by atoms with Crippen LogP contribution in [0, 0.1) is 0 Å². The van der Waals surface area contributed by atoms with Gasteiger partial charge in [-0.15, -0.1) is 13.2 Å². The van der Waals surface area contributed by atoms with Crippen molar-refractivity contribution in [3.05, 3.63) is 71.8 Å². The van der Waals surface area contributed by atoms with Crippen molar-refractivity contribution in [2.24, 2.45) is 0 Å². The molecule has 2 aliphatic rings. The minimum Gasteiger partial charge on any atom is -0.405 e. The van der Waals surface area contributed by atoms with Crippen LogP contribution in [0.5, 0.6) is 5.75 Å². The van der Waals surface area contributed by atoms with Crippen LogP contribution in [0.2, 0.25) is 0 Å². The van der Waals surface area contributed by atoms with Crippen molar-refractivity contribution in [2.75, 3.05) is 6.73 Å². The second-order valence-electron chi connectivity index (χ2n) is 6.88. The fraction of sp³-hybridized carbons (Fsp3) is 0.286. The van der Waals surface area contributed by atoms with Crippen molar-refractivity contribution in [3.63, 3.8) is 0 Å². The number of nitrogens with zero attached hydrogens (tertiary/aromatic N) is 1. The number of halogens is 3. The standard InChI is InChI=1S/C21H18F3NO3/c22-21(23,24)28-17-9-5-4-6-15(17)10-11-18(26)25-14-27-20(12-13-20)19(25)16-7-2-1-3-8-16/h1-11,19H,12-14H2/b11-10+/t19-/m1/s1. The highest BCUT2D eigenvalue weighted by Gasteiger charge is 2.58. The van der Waals surface area contributed by atoms with Crippen LogP contribution in [0.15, 0.2) is 60.7 Å². The van der Waals surface area contributed by atoms with E-state index >= 15 is 0 Å². The van der Waals surface area contributed by atoms with E-state index in [4.69, 9.17) is 4.74 Å². The van der Waals surface area contributed by atoms with Gasteiger partial charge >= 0.3 is 6.36 Å². The van der Waals surface area contributed by atoms with Gasteiger partial charge in [0.1, 0.15) is 12.5 Å². The Bertz CT molecular complexity index is 891. The SMILES string of the molecule is O=C(/C=C/c1ccccc1OC(F)(F)F)N1COC2(CC2)[C@H]1c1ccccc1. The fourth-order valence-corrected chi connectivity index (χ4v) is 3.58. The minimum atomic E-state index is -4.80. The number of para-hydroxylation sites is 1. The smallest absolute Gasteiger partial charge is 0.405 e. The third-order valence-corrected chi connectivity index (χ3v) is 4.99. The number of hydrogen-bond acceptors (Lipinski definition) is 3. The summed E-state index contributed by atoms with van der Waals surface area (Å²) in [5.41, 5.74) is 0.813. The molecule has 2 aromatic carbocycles. The normalized spacial score (nSPS) is 20.7. The van der Waals surface area contributed by atoms with Gasteiger partial charge in [0.05, 0.1) is 11.6 Å². The Morgan fingerprint density at radius 3 is 2.46 bits per heavy atom. The molecule has 1 heterocycles. The monoisotopic (exact) mass is 389 g/mol.